The molecule has 168 valence electrons. The molecule has 13 heteroatoms. The van der Waals surface area contributed by atoms with Gasteiger partial charge in [-0.05, 0) is 12.0 Å². The minimum atomic E-state index is -5.98. The molecule has 1 aromatic heterocycles. The van der Waals surface area contributed by atoms with Crippen LogP contribution in [0.15, 0.2) is 29.2 Å². The van der Waals surface area contributed by atoms with Crippen molar-refractivity contribution in [2.24, 2.45) is 5.92 Å². The van der Waals surface area contributed by atoms with Crippen LogP contribution in [0, 0.1) is 5.92 Å². The minimum absolute atomic E-state index is 0.0489. The standard InChI is InChI=1S/C18H15ClF3NO7S/c1-8(2)13-7-29-15-5-16(30-31(27,28)18(20,21)22)11(19)3-9(15)12-4-14(24)10(17(25)26)6-23(12)13/h3-6,8,13H,7H2,1-2H3,(H,25,26)/t13-/m0/s1. The molecule has 0 saturated carbocycles. The molecule has 0 spiro atoms. The van der Waals surface area contributed by atoms with E-state index in [1.165, 1.54) is 4.57 Å². The summed E-state index contributed by atoms with van der Waals surface area (Å²) in [6.07, 6.45) is 1.16. The van der Waals surface area contributed by atoms with Crippen molar-refractivity contribution in [2.45, 2.75) is 25.4 Å². The number of ether oxygens (including phenoxy) is 1. The molecule has 2 aromatic rings. The van der Waals surface area contributed by atoms with Gasteiger partial charge in [-0.1, -0.05) is 25.4 Å². The van der Waals surface area contributed by atoms with Crippen LogP contribution in [-0.2, 0) is 10.1 Å². The van der Waals surface area contributed by atoms with E-state index in [9.17, 15) is 36.3 Å². The van der Waals surface area contributed by atoms with Gasteiger partial charge in [-0.3, -0.25) is 4.79 Å². The first-order chi connectivity index (χ1) is 14.2. The Hall–Kier alpha value is -2.73. The molecule has 0 saturated heterocycles. The summed E-state index contributed by atoms with van der Waals surface area (Å²) in [4.78, 5) is 23.7. The van der Waals surface area contributed by atoms with Gasteiger partial charge < -0.3 is 18.6 Å². The highest BCUT2D eigenvalue weighted by Crippen LogP contribution is 2.43. The highest BCUT2D eigenvalue weighted by molar-refractivity contribution is 7.88. The molecule has 8 nitrogen and oxygen atoms in total. The Morgan fingerprint density at radius 3 is 2.52 bits per heavy atom. The van der Waals surface area contributed by atoms with Gasteiger partial charge in [0.1, 0.15) is 17.9 Å². The molecular formula is C18H15ClF3NO7S. The molecule has 1 atom stereocenters. The van der Waals surface area contributed by atoms with E-state index in [-0.39, 0.29) is 29.5 Å². The number of carboxylic acid groups (broad SMARTS) is 1. The Morgan fingerprint density at radius 1 is 1.32 bits per heavy atom. The summed E-state index contributed by atoms with van der Waals surface area (Å²) >= 11 is 5.96. The Balaban J connectivity index is 2.22. The van der Waals surface area contributed by atoms with E-state index in [0.717, 1.165) is 24.4 Å². The van der Waals surface area contributed by atoms with Crippen LogP contribution in [-0.4, -0.2) is 36.2 Å². The van der Waals surface area contributed by atoms with E-state index in [0.29, 0.717) is 0 Å². The van der Waals surface area contributed by atoms with Gasteiger partial charge >= 0.3 is 21.6 Å². The zero-order chi connectivity index (χ0) is 23.3. The van der Waals surface area contributed by atoms with E-state index >= 15 is 0 Å². The first kappa shape index (κ1) is 22.9. The number of rotatable bonds is 4. The van der Waals surface area contributed by atoms with Gasteiger partial charge in [0.05, 0.1) is 16.8 Å². The molecule has 0 unspecified atom stereocenters. The average Bonchev–Trinajstić information content (AvgIpc) is 2.77. The number of benzene rings is 1. The Morgan fingerprint density at radius 2 is 1.97 bits per heavy atom. The van der Waals surface area contributed by atoms with Crippen molar-refractivity contribution < 1.29 is 40.4 Å². The van der Waals surface area contributed by atoms with E-state index in [4.69, 9.17) is 16.3 Å². The maximum absolute atomic E-state index is 12.7. The molecule has 0 bridgehead atoms. The Kier molecular flexibility index (Phi) is 5.74. The second-order valence-electron chi connectivity index (χ2n) is 7.03. The number of pyridine rings is 1. The summed E-state index contributed by atoms with van der Waals surface area (Å²) in [6.45, 7) is 3.60. The van der Waals surface area contributed by atoms with Crippen LogP contribution in [0.3, 0.4) is 0 Å². The van der Waals surface area contributed by atoms with Gasteiger partial charge in [0.2, 0.25) is 0 Å². The zero-order valence-electron chi connectivity index (χ0n) is 15.9. The molecule has 3 rings (SSSR count). The lowest BCUT2D eigenvalue weighted by Gasteiger charge is -2.24. The number of carbonyl (C=O) groups is 1. The number of aromatic carboxylic acids is 1. The number of fused-ring (bicyclic) bond motifs is 3. The van der Waals surface area contributed by atoms with Crippen LogP contribution in [0.2, 0.25) is 5.02 Å². The molecule has 0 amide bonds. The van der Waals surface area contributed by atoms with Crippen molar-refractivity contribution >= 4 is 27.7 Å². The number of hydrogen-bond acceptors (Lipinski definition) is 6. The third kappa shape index (κ3) is 4.22. The molecule has 1 aromatic carbocycles. The van der Waals surface area contributed by atoms with Gasteiger partial charge in [-0.25, -0.2) is 4.79 Å². The largest absolute Gasteiger partial charge is 0.534 e. The Bertz CT molecular complexity index is 1220. The van der Waals surface area contributed by atoms with Gasteiger partial charge in [0.25, 0.3) is 0 Å². The van der Waals surface area contributed by atoms with Crippen LogP contribution >= 0.6 is 11.6 Å². The molecule has 1 N–H and O–H groups in total. The molecule has 31 heavy (non-hydrogen) atoms. The van der Waals surface area contributed by atoms with Crippen molar-refractivity contribution in [1.29, 1.82) is 0 Å². The van der Waals surface area contributed by atoms with Crippen LogP contribution in [0.5, 0.6) is 11.5 Å². The minimum Gasteiger partial charge on any atom is -0.491 e. The summed E-state index contributed by atoms with van der Waals surface area (Å²) in [5.74, 6) is -2.42. The summed E-state index contributed by atoms with van der Waals surface area (Å²) in [7, 11) is -5.98. The first-order valence-electron chi connectivity index (χ1n) is 8.70. The summed E-state index contributed by atoms with van der Waals surface area (Å²) < 4.78 is 72.0. The third-order valence-electron chi connectivity index (χ3n) is 4.64. The molecule has 2 heterocycles. The number of nitrogens with zero attached hydrogens (tertiary/aromatic N) is 1. The lowest BCUT2D eigenvalue weighted by Crippen LogP contribution is -2.28. The van der Waals surface area contributed by atoms with E-state index in [1.807, 2.05) is 13.8 Å². The van der Waals surface area contributed by atoms with E-state index in [2.05, 4.69) is 4.18 Å². The fourth-order valence-corrected chi connectivity index (χ4v) is 3.77. The van der Waals surface area contributed by atoms with Crippen LogP contribution in [0.4, 0.5) is 13.2 Å². The van der Waals surface area contributed by atoms with E-state index < -0.39 is 49.4 Å². The van der Waals surface area contributed by atoms with Crippen LogP contribution in [0.25, 0.3) is 11.3 Å². The lowest BCUT2D eigenvalue weighted by molar-refractivity contribution is -0.0500. The van der Waals surface area contributed by atoms with Crippen molar-refractivity contribution in [3.63, 3.8) is 0 Å². The normalized spacial score (nSPS) is 16.2. The highest BCUT2D eigenvalue weighted by Gasteiger charge is 2.49. The predicted molar refractivity (Wildman–Crippen MR) is 103 cm³/mol. The van der Waals surface area contributed by atoms with Crippen LogP contribution < -0.4 is 14.3 Å². The number of halogens is 4. The number of aromatic nitrogens is 1. The second kappa shape index (κ2) is 7.75. The monoisotopic (exact) mass is 481 g/mol. The predicted octanol–water partition coefficient (Wildman–Crippen LogP) is 3.68. The van der Waals surface area contributed by atoms with Gasteiger partial charge in [-0.2, -0.15) is 21.6 Å². The fourth-order valence-electron chi connectivity index (χ4n) is 3.05. The van der Waals surface area contributed by atoms with Gasteiger partial charge in [0, 0.05) is 23.9 Å². The van der Waals surface area contributed by atoms with Crippen molar-refractivity contribution in [3.8, 4) is 22.8 Å². The molecule has 0 aliphatic carbocycles. The summed E-state index contributed by atoms with van der Waals surface area (Å²) in [6, 6.07) is 2.56. The lowest BCUT2D eigenvalue weighted by atomic mass is 10.0. The van der Waals surface area contributed by atoms with E-state index in [1.54, 1.807) is 0 Å². The second-order valence-corrected chi connectivity index (χ2v) is 8.98. The van der Waals surface area contributed by atoms with Gasteiger partial charge in [-0.15, -0.1) is 0 Å². The SMILES string of the molecule is CC(C)[C@@H]1COc2cc(OS(=O)(=O)C(F)(F)F)c(Cl)cc2-c2cc(=O)c(C(=O)O)cn21. The summed E-state index contributed by atoms with van der Waals surface area (Å²) in [5, 5.41) is 8.79. The molecular weight excluding hydrogens is 467 g/mol. The molecule has 1 aliphatic heterocycles. The van der Waals surface area contributed by atoms with Crippen molar-refractivity contribution in [1.82, 2.24) is 4.57 Å². The Labute approximate surface area is 178 Å². The highest BCUT2D eigenvalue weighted by atomic mass is 35.5. The van der Waals surface area contributed by atoms with Crippen LogP contribution in [0.1, 0.15) is 30.2 Å². The third-order valence-corrected chi connectivity index (χ3v) is 5.90. The number of alkyl halides is 3. The van der Waals surface area contributed by atoms with Gasteiger partial charge in [0.15, 0.2) is 11.2 Å². The van der Waals surface area contributed by atoms with Crippen molar-refractivity contribution in [2.75, 3.05) is 6.61 Å². The maximum atomic E-state index is 12.7. The molecule has 0 fully saturated rings. The summed E-state index contributed by atoms with van der Waals surface area (Å²) in [5.41, 5.74) is -6.59. The first-order valence-corrected chi connectivity index (χ1v) is 10.5. The average molecular weight is 482 g/mol. The quantitative estimate of drug-likeness (QED) is 0.523. The number of carboxylic acids is 1. The molecule has 1 aliphatic rings. The topological polar surface area (TPSA) is 112 Å². The zero-order valence-corrected chi connectivity index (χ0v) is 17.5. The smallest absolute Gasteiger partial charge is 0.491 e. The fraction of sp³-hybridized carbons (Fsp3) is 0.333. The molecule has 0 radical (unpaired) electrons. The maximum Gasteiger partial charge on any atom is 0.534 e. The number of hydrogen-bond donors (Lipinski definition) is 1. The van der Waals surface area contributed by atoms with Crippen molar-refractivity contribution in [3.05, 3.63) is 45.2 Å².